The van der Waals surface area contributed by atoms with Crippen molar-refractivity contribution in [2.75, 3.05) is 39.4 Å². The Morgan fingerprint density at radius 2 is 2.00 bits per heavy atom. The van der Waals surface area contributed by atoms with Crippen LogP contribution in [-0.2, 0) is 4.74 Å². The molecule has 1 aliphatic carbocycles. The normalized spacial score (nSPS) is 22.9. The van der Waals surface area contributed by atoms with Gasteiger partial charge in [-0.2, -0.15) is 5.10 Å². The standard InChI is InChI=1S/C20H30N4OS/c26-20(21-11-6-12-24-13-15-25-16-14-24)23-22-19-10-5-4-9-18(19)17-7-2-1-3-8-17/h1-3,7-8,18H,4-6,9-16H2,(H2,21,23,26)/p+1/t18-/m0/s1. The summed E-state index contributed by atoms with van der Waals surface area (Å²) in [4.78, 5) is 1.63. The van der Waals surface area contributed by atoms with Crippen molar-refractivity contribution >= 4 is 23.0 Å². The van der Waals surface area contributed by atoms with Crippen LogP contribution in [0.25, 0.3) is 0 Å². The number of nitrogens with zero attached hydrogens (tertiary/aromatic N) is 1. The fourth-order valence-corrected chi connectivity index (χ4v) is 3.93. The second-order valence-corrected chi connectivity index (χ2v) is 7.55. The summed E-state index contributed by atoms with van der Waals surface area (Å²) in [5.41, 5.74) is 5.66. The maximum absolute atomic E-state index is 5.39. The maximum Gasteiger partial charge on any atom is 0.186 e. The van der Waals surface area contributed by atoms with Gasteiger partial charge in [0.25, 0.3) is 0 Å². The molecule has 0 aromatic heterocycles. The Kier molecular flexibility index (Phi) is 7.86. The van der Waals surface area contributed by atoms with Crippen LogP contribution in [0.3, 0.4) is 0 Å². The molecule has 142 valence electrons. The lowest BCUT2D eigenvalue weighted by molar-refractivity contribution is -0.908. The number of morpholine rings is 1. The van der Waals surface area contributed by atoms with Gasteiger partial charge in [0.15, 0.2) is 5.11 Å². The molecular formula is C20H31N4OS+. The van der Waals surface area contributed by atoms with E-state index >= 15 is 0 Å². The second-order valence-electron chi connectivity index (χ2n) is 7.15. The molecule has 6 heteroatoms. The molecule has 2 aliphatic rings. The zero-order valence-electron chi connectivity index (χ0n) is 15.5. The Morgan fingerprint density at radius 3 is 2.81 bits per heavy atom. The highest BCUT2D eigenvalue weighted by molar-refractivity contribution is 7.80. The number of rotatable bonds is 6. The van der Waals surface area contributed by atoms with Gasteiger partial charge >= 0.3 is 0 Å². The Bertz CT molecular complexity index is 587. The van der Waals surface area contributed by atoms with Gasteiger partial charge in [-0.3, -0.25) is 5.43 Å². The van der Waals surface area contributed by atoms with E-state index in [0.717, 1.165) is 45.7 Å². The first-order chi connectivity index (χ1) is 12.8. The highest BCUT2D eigenvalue weighted by Gasteiger charge is 2.22. The van der Waals surface area contributed by atoms with Crippen LogP contribution >= 0.6 is 12.2 Å². The predicted octanol–water partition coefficient (Wildman–Crippen LogP) is 1.47. The summed E-state index contributed by atoms with van der Waals surface area (Å²) >= 11 is 5.39. The molecule has 1 aromatic rings. The van der Waals surface area contributed by atoms with Gasteiger partial charge in [-0.1, -0.05) is 36.8 Å². The van der Waals surface area contributed by atoms with Gasteiger partial charge in [0.1, 0.15) is 13.1 Å². The summed E-state index contributed by atoms with van der Waals surface area (Å²) in [6.45, 7) is 6.09. The molecule has 26 heavy (non-hydrogen) atoms. The minimum atomic E-state index is 0.421. The minimum absolute atomic E-state index is 0.421. The third-order valence-electron chi connectivity index (χ3n) is 5.27. The molecule has 1 saturated heterocycles. The third kappa shape index (κ3) is 6.04. The molecule has 3 rings (SSSR count). The first-order valence-corrected chi connectivity index (χ1v) is 10.3. The average molecular weight is 376 g/mol. The molecule has 0 amide bonds. The zero-order chi connectivity index (χ0) is 18.0. The molecule has 0 spiro atoms. The van der Waals surface area contributed by atoms with Crippen LogP contribution in [0.15, 0.2) is 35.4 Å². The zero-order valence-corrected chi connectivity index (χ0v) is 16.3. The lowest BCUT2D eigenvalue weighted by Gasteiger charge is -2.25. The number of quaternary nitrogens is 1. The molecule has 1 aliphatic heterocycles. The van der Waals surface area contributed by atoms with E-state index in [1.54, 1.807) is 4.90 Å². The highest BCUT2D eigenvalue weighted by Crippen LogP contribution is 2.30. The van der Waals surface area contributed by atoms with Gasteiger partial charge in [0, 0.05) is 24.6 Å². The van der Waals surface area contributed by atoms with Crippen LogP contribution in [0.2, 0.25) is 0 Å². The van der Waals surface area contributed by atoms with Crippen LogP contribution in [0.5, 0.6) is 0 Å². The largest absolute Gasteiger partial charge is 0.370 e. The fraction of sp³-hybridized carbons (Fsp3) is 0.600. The fourth-order valence-electron chi connectivity index (χ4n) is 3.79. The number of ether oxygens (including phenoxy) is 1. The lowest BCUT2D eigenvalue weighted by Crippen LogP contribution is -3.14. The quantitative estimate of drug-likeness (QED) is 0.400. The Labute approximate surface area is 162 Å². The van der Waals surface area contributed by atoms with Gasteiger partial charge in [0.05, 0.1) is 19.8 Å². The smallest absolute Gasteiger partial charge is 0.186 e. The molecule has 3 N–H and O–H groups in total. The lowest BCUT2D eigenvalue weighted by atomic mass is 9.82. The topological polar surface area (TPSA) is 50.1 Å². The van der Waals surface area contributed by atoms with Crippen LogP contribution in [0.4, 0.5) is 0 Å². The number of hydrazone groups is 1. The average Bonchev–Trinajstić information content (AvgIpc) is 2.71. The number of hydrogen-bond acceptors (Lipinski definition) is 3. The summed E-state index contributed by atoms with van der Waals surface area (Å²) in [6, 6.07) is 10.7. The Hall–Kier alpha value is -1.50. The van der Waals surface area contributed by atoms with Crippen molar-refractivity contribution in [2.45, 2.75) is 38.0 Å². The molecule has 1 heterocycles. The molecule has 0 unspecified atom stereocenters. The van der Waals surface area contributed by atoms with Gasteiger partial charge in [-0.05, 0) is 37.0 Å². The van der Waals surface area contributed by atoms with Crippen LogP contribution < -0.4 is 15.6 Å². The van der Waals surface area contributed by atoms with E-state index < -0.39 is 0 Å². The van der Waals surface area contributed by atoms with E-state index in [0.29, 0.717) is 11.0 Å². The van der Waals surface area contributed by atoms with E-state index in [9.17, 15) is 0 Å². The molecule has 1 atom stereocenters. The summed E-state index contributed by atoms with van der Waals surface area (Å²) in [6.07, 6.45) is 5.82. The van der Waals surface area contributed by atoms with E-state index in [2.05, 4.69) is 46.2 Å². The van der Waals surface area contributed by atoms with Gasteiger partial charge < -0.3 is 15.0 Å². The summed E-state index contributed by atoms with van der Waals surface area (Å²) in [5, 5.41) is 8.57. The first kappa shape index (κ1) is 19.3. The van der Waals surface area contributed by atoms with Crippen molar-refractivity contribution in [3.8, 4) is 0 Å². The van der Waals surface area contributed by atoms with E-state index in [-0.39, 0.29) is 0 Å². The number of nitrogens with one attached hydrogen (secondary N) is 3. The Morgan fingerprint density at radius 1 is 1.19 bits per heavy atom. The van der Waals surface area contributed by atoms with Crippen LogP contribution in [0, 0.1) is 0 Å². The molecule has 1 aromatic carbocycles. The van der Waals surface area contributed by atoms with Crippen molar-refractivity contribution in [1.29, 1.82) is 0 Å². The second kappa shape index (κ2) is 10.6. The summed E-state index contributed by atoms with van der Waals surface area (Å²) in [7, 11) is 0. The third-order valence-corrected chi connectivity index (χ3v) is 5.51. The molecular weight excluding hydrogens is 344 g/mol. The molecule has 2 fully saturated rings. The van der Waals surface area contributed by atoms with Gasteiger partial charge in [0.2, 0.25) is 0 Å². The monoisotopic (exact) mass is 375 g/mol. The number of hydrogen-bond donors (Lipinski definition) is 3. The van der Waals surface area contributed by atoms with Gasteiger partial charge in [-0.25, -0.2) is 0 Å². The van der Waals surface area contributed by atoms with E-state index in [4.69, 9.17) is 17.0 Å². The molecule has 5 nitrogen and oxygen atoms in total. The van der Waals surface area contributed by atoms with Crippen molar-refractivity contribution in [3.63, 3.8) is 0 Å². The van der Waals surface area contributed by atoms with Crippen LogP contribution in [0.1, 0.15) is 43.6 Å². The van der Waals surface area contributed by atoms with Crippen molar-refractivity contribution in [1.82, 2.24) is 10.7 Å². The molecule has 1 saturated carbocycles. The first-order valence-electron chi connectivity index (χ1n) is 9.89. The van der Waals surface area contributed by atoms with Crippen molar-refractivity contribution in [2.24, 2.45) is 5.10 Å². The maximum atomic E-state index is 5.39. The minimum Gasteiger partial charge on any atom is -0.370 e. The number of benzene rings is 1. The molecule has 0 bridgehead atoms. The molecule has 0 radical (unpaired) electrons. The van der Waals surface area contributed by atoms with Crippen LogP contribution in [-0.4, -0.2) is 50.2 Å². The van der Waals surface area contributed by atoms with E-state index in [1.165, 1.54) is 37.1 Å². The van der Waals surface area contributed by atoms with E-state index in [1.807, 2.05) is 0 Å². The summed E-state index contributed by atoms with van der Waals surface area (Å²) in [5.74, 6) is 0.421. The van der Waals surface area contributed by atoms with Crippen molar-refractivity contribution < 1.29 is 9.64 Å². The van der Waals surface area contributed by atoms with Crippen molar-refractivity contribution in [3.05, 3.63) is 35.9 Å². The van der Waals surface area contributed by atoms with Gasteiger partial charge in [-0.15, -0.1) is 0 Å². The highest BCUT2D eigenvalue weighted by atomic mass is 32.1. The Balaban J connectivity index is 1.41. The SMILES string of the molecule is S=C(NCCC[NH+]1CCOCC1)NN=C1CCCC[C@H]1c1ccccc1. The summed E-state index contributed by atoms with van der Waals surface area (Å²) < 4.78 is 5.39. The predicted molar refractivity (Wildman–Crippen MR) is 110 cm³/mol. The number of thiocarbonyl (C=S) groups is 1.